The maximum atomic E-state index is 5.46. The van der Waals surface area contributed by atoms with Crippen LogP contribution in [0.25, 0.3) is 0 Å². The fourth-order valence-corrected chi connectivity index (χ4v) is 2.77. The lowest BCUT2D eigenvalue weighted by Gasteiger charge is -2.19. The molecule has 4 nitrogen and oxygen atoms in total. The van der Waals surface area contributed by atoms with Gasteiger partial charge in [-0.05, 0) is 35.2 Å². The zero-order valence-electron chi connectivity index (χ0n) is 9.70. The highest BCUT2D eigenvalue weighted by Gasteiger charge is 2.21. The first-order chi connectivity index (χ1) is 8.35. The van der Waals surface area contributed by atoms with Crippen molar-refractivity contribution in [2.24, 2.45) is 0 Å². The van der Waals surface area contributed by atoms with Crippen LogP contribution in [0.15, 0.2) is 22.9 Å². The van der Waals surface area contributed by atoms with Crippen LogP contribution >= 0.6 is 23.1 Å². The maximum Gasteiger partial charge on any atom is 0.103 e. The molecule has 2 rings (SSSR count). The van der Waals surface area contributed by atoms with Crippen LogP contribution in [0.2, 0.25) is 0 Å². The largest absolute Gasteiger partial charge is 0.375 e. The normalized spacial score (nSPS) is 14.7. The summed E-state index contributed by atoms with van der Waals surface area (Å²) in [6, 6.07) is 3.96. The Balaban J connectivity index is 2.07. The van der Waals surface area contributed by atoms with E-state index in [0.29, 0.717) is 0 Å². The minimum Gasteiger partial charge on any atom is -0.375 e. The van der Waals surface area contributed by atoms with E-state index >= 15 is 0 Å². The lowest BCUT2D eigenvalue weighted by molar-refractivity contribution is 0.0178. The number of hydrogen-bond acceptors (Lipinski definition) is 6. The lowest BCUT2D eigenvalue weighted by Crippen LogP contribution is -2.10. The van der Waals surface area contributed by atoms with Gasteiger partial charge in [0.1, 0.15) is 12.2 Å². The predicted octanol–water partition coefficient (Wildman–Crippen LogP) is 3.06. The molecule has 0 saturated heterocycles. The molecule has 2 atom stereocenters. The summed E-state index contributed by atoms with van der Waals surface area (Å²) < 4.78 is 19.5. The zero-order valence-corrected chi connectivity index (χ0v) is 11.3. The van der Waals surface area contributed by atoms with Gasteiger partial charge in [-0.15, -0.1) is 0 Å². The van der Waals surface area contributed by atoms with Crippen LogP contribution in [-0.2, 0) is 9.47 Å². The van der Waals surface area contributed by atoms with Gasteiger partial charge in [0.25, 0.3) is 0 Å². The molecule has 0 saturated carbocycles. The summed E-state index contributed by atoms with van der Waals surface area (Å²) in [7, 11) is 3.38. The second-order valence-electron chi connectivity index (χ2n) is 3.53. The molecule has 0 bridgehead atoms. The molecule has 0 fully saturated rings. The number of methoxy groups -OCH3 is 2. The second kappa shape index (κ2) is 6.20. The first-order valence-corrected chi connectivity index (χ1v) is 6.88. The Hall–Kier alpha value is -0.820. The number of aromatic nitrogens is 2. The third-order valence-electron chi connectivity index (χ3n) is 2.57. The number of nitrogens with zero attached hydrogens (tertiary/aromatic N) is 2. The van der Waals surface area contributed by atoms with E-state index in [9.17, 15) is 0 Å². The SMILES string of the molecule is COC(CC(OC)c1ccsn1)c1ccsn1. The molecule has 0 aliphatic carbocycles. The van der Waals surface area contributed by atoms with E-state index in [1.54, 1.807) is 14.2 Å². The van der Waals surface area contributed by atoms with Gasteiger partial charge in [-0.3, -0.25) is 0 Å². The van der Waals surface area contributed by atoms with Crippen molar-refractivity contribution in [3.63, 3.8) is 0 Å². The van der Waals surface area contributed by atoms with Gasteiger partial charge < -0.3 is 9.47 Å². The van der Waals surface area contributed by atoms with Crippen molar-refractivity contribution in [3.05, 3.63) is 34.3 Å². The van der Waals surface area contributed by atoms with Crippen LogP contribution in [0.1, 0.15) is 30.0 Å². The summed E-state index contributed by atoms with van der Waals surface area (Å²) >= 11 is 2.86. The molecular weight excluding hydrogens is 256 g/mol. The van der Waals surface area contributed by atoms with Crippen LogP contribution in [0.5, 0.6) is 0 Å². The van der Waals surface area contributed by atoms with E-state index in [1.165, 1.54) is 23.1 Å². The molecule has 2 unspecified atom stereocenters. The first kappa shape index (κ1) is 12.6. The van der Waals surface area contributed by atoms with Crippen molar-refractivity contribution >= 4 is 23.1 Å². The molecule has 0 N–H and O–H groups in total. The standard InChI is InChI=1S/C11H14N2O2S2/c1-14-10(8-3-5-16-12-8)7-11(15-2)9-4-6-17-13-9/h3-6,10-11H,7H2,1-2H3. The quantitative estimate of drug-likeness (QED) is 0.809. The van der Waals surface area contributed by atoms with E-state index in [-0.39, 0.29) is 12.2 Å². The summed E-state index contributed by atoms with van der Waals surface area (Å²) in [5, 5.41) is 3.90. The number of hydrogen-bond donors (Lipinski definition) is 0. The highest BCUT2D eigenvalue weighted by atomic mass is 32.1. The van der Waals surface area contributed by atoms with E-state index in [0.717, 1.165) is 17.8 Å². The van der Waals surface area contributed by atoms with Gasteiger partial charge in [-0.1, -0.05) is 0 Å². The van der Waals surface area contributed by atoms with Crippen molar-refractivity contribution < 1.29 is 9.47 Å². The fraction of sp³-hybridized carbons (Fsp3) is 0.455. The average Bonchev–Trinajstić information content (AvgIpc) is 3.03. The Bertz CT molecular complexity index is 376. The summed E-state index contributed by atoms with van der Waals surface area (Å²) in [6.07, 6.45) is 0.626. The third-order valence-corrected chi connectivity index (χ3v) is 3.72. The Morgan fingerprint density at radius 1 is 1.00 bits per heavy atom. The number of ether oxygens (including phenoxy) is 2. The molecule has 0 aliphatic heterocycles. The van der Waals surface area contributed by atoms with Gasteiger partial charge in [0.15, 0.2) is 0 Å². The molecule has 17 heavy (non-hydrogen) atoms. The molecule has 0 amide bonds. The summed E-state index contributed by atoms with van der Waals surface area (Å²) in [4.78, 5) is 0. The van der Waals surface area contributed by atoms with Crippen LogP contribution in [0.3, 0.4) is 0 Å². The molecule has 0 aromatic carbocycles. The smallest absolute Gasteiger partial charge is 0.103 e. The zero-order chi connectivity index (χ0) is 12.1. The van der Waals surface area contributed by atoms with Crippen molar-refractivity contribution in [1.82, 2.24) is 8.75 Å². The van der Waals surface area contributed by atoms with Gasteiger partial charge in [-0.25, -0.2) is 0 Å². The van der Waals surface area contributed by atoms with Gasteiger partial charge >= 0.3 is 0 Å². The number of rotatable bonds is 6. The lowest BCUT2D eigenvalue weighted by atomic mass is 10.1. The predicted molar refractivity (Wildman–Crippen MR) is 68.3 cm³/mol. The fourth-order valence-electron chi connectivity index (χ4n) is 1.65. The maximum absolute atomic E-state index is 5.46. The van der Waals surface area contributed by atoms with Crippen LogP contribution in [-0.4, -0.2) is 23.0 Å². The van der Waals surface area contributed by atoms with E-state index in [1.807, 2.05) is 22.9 Å². The van der Waals surface area contributed by atoms with Crippen molar-refractivity contribution in [2.75, 3.05) is 14.2 Å². The second-order valence-corrected chi connectivity index (χ2v) is 4.86. The van der Waals surface area contributed by atoms with Gasteiger partial charge in [0.2, 0.25) is 0 Å². The van der Waals surface area contributed by atoms with Crippen molar-refractivity contribution in [1.29, 1.82) is 0 Å². The van der Waals surface area contributed by atoms with Gasteiger partial charge in [-0.2, -0.15) is 8.75 Å². The van der Waals surface area contributed by atoms with E-state index in [2.05, 4.69) is 8.75 Å². The van der Waals surface area contributed by atoms with Crippen LogP contribution in [0, 0.1) is 0 Å². The molecular formula is C11H14N2O2S2. The summed E-state index contributed by atoms with van der Waals surface area (Å²) in [5.74, 6) is 0. The Morgan fingerprint density at radius 3 is 1.76 bits per heavy atom. The molecule has 6 heteroatoms. The summed E-state index contributed by atoms with van der Waals surface area (Å²) in [5.41, 5.74) is 1.91. The van der Waals surface area contributed by atoms with Crippen molar-refractivity contribution in [2.45, 2.75) is 18.6 Å². The minimum atomic E-state index is -0.0482. The minimum absolute atomic E-state index is 0.0482. The van der Waals surface area contributed by atoms with Gasteiger partial charge in [0.05, 0.1) is 11.4 Å². The average molecular weight is 270 g/mol. The van der Waals surface area contributed by atoms with Gasteiger partial charge in [0, 0.05) is 31.4 Å². The molecule has 2 heterocycles. The Kier molecular flexibility index (Phi) is 4.61. The molecule has 0 aliphatic rings. The first-order valence-electron chi connectivity index (χ1n) is 5.21. The van der Waals surface area contributed by atoms with E-state index < -0.39 is 0 Å². The molecule has 0 spiro atoms. The highest BCUT2D eigenvalue weighted by molar-refractivity contribution is 7.03. The monoisotopic (exact) mass is 270 g/mol. The van der Waals surface area contributed by atoms with Crippen LogP contribution in [0.4, 0.5) is 0 Å². The van der Waals surface area contributed by atoms with Crippen LogP contribution < -0.4 is 0 Å². The Morgan fingerprint density at radius 2 is 1.47 bits per heavy atom. The molecule has 2 aromatic heterocycles. The summed E-state index contributed by atoms with van der Waals surface area (Å²) in [6.45, 7) is 0. The topological polar surface area (TPSA) is 44.2 Å². The molecule has 2 aromatic rings. The third kappa shape index (κ3) is 3.10. The molecule has 0 radical (unpaired) electrons. The molecule has 92 valence electrons. The Labute approximate surface area is 109 Å². The van der Waals surface area contributed by atoms with Crippen molar-refractivity contribution in [3.8, 4) is 0 Å². The van der Waals surface area contributed by atoms with E-state index in [4.69, 9.17) is 9.47 Å². The highest BCUT2D eigenvalue weighted by Crippen LogP contribution is 2.30.